The average Bonchev–Trinajstić information content (AvgIpc) is 3.13. The Kier molecular flexibility index (Phi) is 2.86. The second kappa shape index (κ2) is 4.72. The molecule has 0 saturated carbocycles. The van der Waals surface area contributed by atoms with Crippen LogP contribution in [0.1, 0.15) is 45.9 Å². The van der Waals surface area contributed by atoms with Gasteiger partial charge < -0.3 is 9.84 Å². The Morgan fingerprint density at radius 3 is 2.30 bits per heavy atom. The maximum Gasteiger partial charge on any atom is 0.104 e. The van der Waals surface area contributed by atoms with E-state index in [0.717, 1.165) is 17.5 Å². The second-order valence-corrected chi connectivity index (χ2v) is 5.81. The summed E-state index contributed by atoms with van der Waals surface area (Å²) in [6.07, 6.45) is 3.03. The fourth-order valence-electron chi connectivity index (χ4n) is 3.32. The molecule has 1 aliphatic heterocycles. The van der Waals surface area contributed by atoms with Crippen LogP contribution in [0.25, 0.3) is 0 Å². The minimum Gasteiger partial charge on any atom is -0.384 e. The van der Waals surface area contributed by atoms with Gasteiger partial charge in [0.05, 0.1) is 13.2 Å². The Morgan fingerprint density at radius 2 is 1.45 bits per heavy atom. The summed E-state index contributed by atoms with van der Waals surface area (Å²) in [5.74, 6) is 0. The normalized spacial score (nSPS) is 17.9. The van der Waals surface area contributed by atoms with Crippen molar-refractivity contribution in [2.45, 2.75) is 38.6 Å². The molecule has 2 aliphatic rings. The van der Waals surface area contributed by atoms with Gasteiger partial charge in [-0.3, -0.25) is 0 Å². The van der Waals surface area contributed by atoms with Gasteiger partial charge in [-0.15, -0.1) is 0 Å². The van der Waals surface area contributed by atoms with E-state index in [2.05, 4.69) is 30.3 Å². The van der Waals surface area contributed by atoms with Crippen molar-refractivity contribution in [1.29, 1.82) is 0 Å². The predicted octanol–water partition coefficient (Wildman–Crippen LogP) is 3.29. The highest BCUT2D eigenvalue weighted by molar-refractivity contribution is 5.41. The molecule has 102 valence electrons. The molecule has 4 rings (SSSR count). The number of rotatable bonds is 2. The third-order valence-electron chi connectivity index (χ3n) is 4.50. The SMILES string of the molecule is OC(c1ccc2c(c1)CCC2)c1ccc2c(c1)COC2. The molecule has 0 radical (unpaired) electrons. The highest BCUT2D eigenvalue weighted by Gasteiger charge is 2.18. The van der Waals surface area contributed by atoms with E-state index in [4.69, 9.17) is 4.74 Å². The maximum absolute atomic E-state index is 10.6. The molecule has 0 fully saturated rings. The zero-order chi connectivity index (χ0) is 13.5. The van der Waals surface area contributed by atoms with Crippen molar-refractivity contribution in [3.63, 3.8) is 0 Å². The lowest BCUT2D eigenvalue weighted by atomic mass is 9.96. The van der Waals surface area contributed by atoms with Crippen LogP contribution in [-0.4, -0.2) is 5.11 Å². The van der Waals surface area contributed by atoms with Gasteiger partial charge in [0.25, 0.3) is 0 Å². The molecule has 0 bridgehead atoms. The number of aliphatic hydroxyl groups excluding tert-OH is 1. The van der Waals surface area contributed by atoms with E-state index in [1.807, 2.05) is 6.07 Å². The summed E-state index contributed by atoms with van der Waals surface area (Å²) in [5, 5.41) is 10.6. The molecule has 1 N–H and O–H groups in total. The summed E-state index contributed by atoms with van der Waals surface area (Å²) in [6, 6.07) is 12.6. The summed E-state index contributed by atoms with van der Waals surface area (Å²) >= 11 is 0. The van der Waals surface area contributed by atoms with Crippen LogP contribution in [0, 0.1) is 0 Å². The molecule has 1 unspecified atom stereocenters. The van der Waals surface area contributed by atoms with Crippen LogP contribution in [0.15, 0.2) is 36.4 Å². The van der Waals surface area contributed by atoms with Gasteiger partial charge >= 0.3 is 0 Å². The average molecular weight is 266 g/mol. The fraction of sp³-hybridized carbons (Fsp3) is 0.333. The molecule has 2 heteroatoms. The van der Waals surface area contributed by atoms with E-state index in [0.29, 0.717) is 13.2 Å². The monoisotopic (exact) mass is 266 g/mol. The van der Waals surface area contributed by atoms with Crippen LogP contribution in [-0.2, 0) is 30.8 Å². The van der Waals surface area contributed by atoms with Gasteiger partial charge in [0.2, 0.25) is 0 Å². The summed E-state index contributed by atoms with van der Waals surface area (Å²) < 4.78 is 5.43. The van der Waals surface area contributed by atoms with Crippen molar-refractivity contribution >= 4 is 0 Å². The van der Waals surface area contributed by atoms with Crippen LogP contribution in [0.2, 0.25) is 0 Å². The molecule has 1 aliphatic carbocycles. The van der Waals surface area contributed by atoms with E-state index < -0.39 is 6.10 Å². The van der Waals surface area contributed by atoms with Crippen molar-refractivity contribution < 1.29 is 9.84 Å². The number of aliphatic hydroxyl groups is 1. The zero-order valence-corrected chi connectivity index (χ0v) is 11.4. The van der Waals surface area contributed by atoms with Crippen LogP contribution >= 0.6 is 0 Å². The summed E-state index contributed by atoms with van der Waals surface area (Å²) in [4.78, 5) is 0. The molecular formula is C18H18O2. The van der Waals surface area contributed by atoms with Crippen LogP contribution in [0.3, 0.4) is 0 Å². The van der Waals surface area contributed by atoms with Crippen LogP contribution in [0.5, 0.6) is 0 Å². The first-order chi connectivity index (χ1) is 9.81. The Hall–Kier alpha value is -1.64. The highest BCUT2D eigenvalue weighted by atomic mass is 16.5. The molecule has 1 atom stereocenters. The van der Waals surface area contributed by atoms with E-state index in [9.17, 15) is 5.11 Å². The number of benzene rings is 2. The molecule has 1 heterocycles. The highest BCUT2D eigenvalue weighted by Crippen LogP contribution is 2.30. The van der Waals surface area contributed by atoms with Gasteiger partial charge in [0.1, 0.15) is 6.10 Å². The van der Waals surface area contributed by atoms with Gasteiger partial charge in [0, 0.05) is 0 Å². The summed E-state index contributed by atoms with van der Waals surface area (Å²) in [7, 11) is 0. The van der Waals surface area contributed by atoms with Crippen molar-refractivity contribution in [3.05, 3.63) is 69.8 Å². The largest absolute Gasteiger partial charge is 0.384 e. The maximum atomic E-state index is 10.6. The lowest BCUT2D eigenvalue weighted by Gasteiger charge is -2.14. The number of aryl methyl sites for hydroxylation is 2. The molecule has 0 aromatic heterocycles. The summed E-state index contributed by atoms with van der Waals surface area (Å²) in [6.45, 7) is 1.37. The molecule has 2 nitrogen and oxygen atoms in total. The Balaban J connectivity index is 1.68. The smallest absolute Gasteiger partial charge is 0.104 e. The number of hydrogen-bond acceptors (Lipinski definition) is 2. The first-order valence-corrected chi connectivity index (χ1v) is 7.30. The lowest BCUT2D eigenvalue weighted by Crippen LogP contribution is -2.01. The van der Waals surface area contributed by atoms with Crippen molar-refractivity contribution in [3.8, 4) is 0 Å². The minimum atomic E-state index is -0.535. The number of hydrogen-bond donors (Lipinski definition) is 1. The van der Waals surface area contributed by atoms with E-state index >= 15 is 0 Å². The van der Waals surface area contributed by atoms with E-state index in [1.54, 1.807) is 0 Å². The molecule has 2 aromatic carbocycles. The molecule has 0 amide bonds. The molecule has 20 heavy (non-hydrogen) atoms. The second-order valence-electron chi connectivity index (χ2n) is 5.81. The van der Waals surface area contributed by atoms with Gasteiger partial charge in [-0.25, -0.2) is 0 Å². The van der Waals surface area contributed by atoms with Gasteiger partial charge in [-0.05, 0) is 52.6 Å². The topological polar surface area (TPSA) is 29.5 Å². The summed E-state index contributed by atoms with van der Waals surface area (Å²) in [5.41, 5.74) is 7.28. The molecule has 0 saturated heterocycles. The van der Waals surface area contributed by atoms with Crippen molar-refractivity contribution in [1.82, 2.24) is 0 Å². The first-order valence-electron chi connectivity index (χ1n) is 7.30. The molecule has 0 spiro atoms. The van der Waals surface area contributed by atoms with Crippen LogP contribution < -0.4 is 0 Å². The standard InChI is InChI=1S/C18H18O2/c19-18(14-5-4-12-2-1-3-13(12)8-14)15-6-7-16-10-20-11-17(16)9-15/h4-9,18-19H,1-3,10-11H2. The number of ether oxygens (including phenoxy) is 1. The number of fused-ring (bicyclic) bond motifs is 2. The van der Waals surface area contributed by atoms with Gasteiger partial charge in [-0.1, -0.05) is 36.4 Å². The minimum absolute atomic E-state index is 0.535. The fourth-order valence-corrected chi connectivity index (χ4v) is 3.32. The molecule has 2 aromatic rings. The van der Waals surface area contributed by atoms with Crippen LogP contribution in [0.4, 0.5) is 0 Å². The lowest BCUT2D eigenvalue weighted by molar-refractivity contribution is 0.134. The first kappa shape index (κ1) is 12.1. The van der Waals surface area contributed by atoms with Gasteiger partial charge in [-0.2, -0.15) is 0 Å². The quantitative estimate of drug-likeness (QED) is 0.904. The Bertz CT molecular complexity index is 603. The Labute approximate surface area is 119 Å². The van der Waals surface area contributed by atoms with Gasteiger partial charge in [0.15, 0.2) is 0 Å². The molecular weight excluding hydrogens is 248 g/mol. The third-order valence-corrected chi connectivity index (χ3v) is 4.50. The van der Waals surface area contributed by atoms with E-state index in [-0.39, 0.29) is 0 Å². The predicted molar refractivity (Wildman–Crippen MR) is 77.5 cm³/mol. The van der Waals surface area contributed by atoms with Crippen molar-refractivity contribution in [2.75, 3.05) is 0 Å². The van der Waals surface area contributed by atoms with Crippen molar-refractivity contribution in [2.24, 2.45) is 0 Å². The third kappa shape index (κ3) is 1.96. The van der Waals surface area contributed by atoms with E-state index in [1.165, 1.54) is 35.1 Å². The Morgan fingerprint density at radius 1 is 0.800 bits per heavy atom. The zero-order valence-electron chi connectivity index (χ0n) is 11.4.